The Kier molecular flexibility index (Phi) is 6.01. The molecular formula is C23H28N2O3S. The first-order valence-corrected chi connectivity index (χ1v) is 11.1. The van der Waals surface area contributed by atoms with Crippen LogP contribution in [0.2, 0.25) is 0 Å². The molecule has 154 valence electrons. The van der Waals surface area contributed by atoms with Crippen molar-refractivity contribution in [2.45, 2.75) is 32.2 Å². The van der Waals surface area contributed by atoms with Crippen molar-refractivity contribution in [3.63, 3.8) is 0 Å². The molecule has 2 amide bonds. The van der Waals surface area contributed by atoms with Crippen LogP contribution in [0.25, 0.3) is 0 Å². The predicted molar refractivity (Wildman–Crippen MR) is 114 cm³/mol. The minimum Gasteiger partial charge on any atom is -0.375 e. The van der Waals surface area contributed by atoms with Crippen molar-refractivity contribution in [2.24, 2.45) is 5.92 Å². The fourth-order valence-corrected chi connectivity index (χ4v) is 5.05. The van der Waals surface area contributed by atoms with Crippen LogP contribution in [0.15, 0.2) is 35.7 Å². The number of amides is 2. The highest BCUT2D eigenvalue weighted by Crippen LogP contribution is 2.39. The number of thiophene rings is 1. The molecule has 5 nitrogen and oxygen atoms in total. The smallest absolute Gasteiger partial charge is 0.249 e. The highest BCUT2D eigenvalue weighted by Gasteiger charge is 2.35. The summed E-state index contributed by atoms with van der Waals surface area (Å²) in [5.74, 6) is 0.439. The SMILES string of the molecule is COCC(=O)N(CC(=O)N1CCc2sccc2[C@H]1c1ccccc1C)CC1CC1. The van der Waals surface area contributed by atoms with Gasteiger partial charge in [-0.2, -0.15) is 0 Å². The number of aryl methyl sites for hydroxylation is 1. The van der Waals surface area contributed by atoms with Crippen LogP contribution in [-0.4, -0.2) is 55.0 Å². The molecule has 0 radical (unpaired) electrons. The van der Waals surface area contributed by atoms with E-state index in [4.69, 9.17) is 4.74 Å². The van der Waals surface area contributed by atoms with Gasteiger partial charge in [0, 0.05) is 25.1 Å². The van der Waals surface area contributed by atoms with Crippen LogP contribution in [0.1, 0.15) is 40.5 Å². The molecule has 2 heterocycles. The van der Waals surface area contributed by atoms with Crippen LogP contribution in [0.4, 0.5) is 0 Å². The van der Waals surface area contributed by atoms with E-state index >= 15 is 0 Å². The lowest BCUT2D eigenvalue weighted by atomic mass is 9.90. The van der Waals surface area contributed by atoms with Crippen LogP contribution in [-0.2, 0) is 20.7 Å². The Balaban J connectivity index is 1.60. The summed E-state index contributed by atoms with van der Waals surface area (Å²) in [6, 6.07) is 10.3. The lowest BCUT2D eigenvalue weighted by Crippen LogP contribution is -2.48. The number of ether oxygens (including phenoxy) is 1. The van der Waals surface area contributed by atoms with E-state index in [2.05, 4.69) is 30.5 Å². The zero-order valence-electron chi connectivity index (χ0n) is 17.1. The van der Waals surface area contributed by atoms with Gasteiger partial charge >= 0.3 is 0 Å². The van der Waals surface area contributed by atoms with Crippen molar-refractivity contribution in [2.75, 3.05) is 33.4 Å². The molecule has 2 aliphatic rings. The minimum atomic E-state index is -0.103. The predicted octanol–water partition coefficient (Wildman–Crippen LogP) is 3.42. The van der Waals surface area contributed by atoms with E-state index in [-0.39, 0.29) is 31.0 Å². The van der Waals surface area contributed by atoms with Crippen molar-refractivity contribution in [1.29, 1.82) is 0 Å². The summed E-state index contributed by atoms with van der Waals surface area (Å²) in [4.78, 5) is 31.0. The van der Waals surface area contributed by atoms with Crippen molar-refractivity contribution in [3.8, 4) is 0 Å². The average molecular weight is 413 g/mol. The Hall–Kier alpha value is -2.18. The summed E-state index contributed by atoms with van der Waals surface area (Å²) in [5.41, 5.74) is 3.57. The van der Waals surface area contributed by atoms with Crippen molar-refractivity contribution in [3.05, 3.63) is 57.3 Å². The molecular weight excluding hydrogens is 384 g/mol. The highest BCUT2D eigenvalue weighted by molar-refractivity contribution is 7.10. The quantitative estimate of drug-likeness (QED) is 0.700. The number of fused-ring (bicyclic) bond motifs is 1. The largest absolute Gasteiger partial charge is 0.375 e. The van der Waals surface area contributed by atoms with Gasteiger partial charge in [0.05, 0.1) is 12.6 Å². The van der Waals surface area contributed by atoms with Crippen molar-refractivity contribution >= 4 is 23.2 Å². The Morgan fingerprint density at radius 2 is 2.00 bits per heavy atom. The molecule has 0 bridgehead atoms. The summed E-state index contributed by atoms with van der Waals surface area (Å²) >= 11 is 1.77. The van der Waals surface area contributed by atoms with Gasteiger partial charge in [-0.25, -0.2) is 0 Å². The molecule has 1 aromatic carbocycles. The molecule has 1 aliphatic carbocycles. The van der Waals surface area contributed by atoms with E-state index in [9.17, 15) is 9.59 Å². The van der Waals surface area contributed by atoms with E-state index in [1.54, 1.807) is 16.2 Å². The van der Waals surface area contributed by atoms with E-state index in [1.807, 2.05) is 17.0 Å². The number of carbonyl (C=O) groups is 2. The maximum absolute atomic E-state index is 13.4. The van der Waals surface area contributed by atoms with Gasteiger partial charge in [0.2, 0.25) is 11.8 Å². The molecule has 1 saturated carbocycles. The number of nitrogens with zero attached hydrogens (tertiary/aromatic N) is 2. The van der Waals surface area contributed by atoms with E-state index < -0.39 is 0 Å². The summed E-state index contributed by atoms with van der Waals surface area (Å²) < 4.78 is 5.04. The van der Waals surface area contributed by atoms with Gasteiger partial charge in [0.1, 0.15) is 6.61 Å². The molecule has 0 spiro atoms. The van der Waals surface area contributed by atoms with Gasteiger partial charge < -0.3 is 14.5 Å². The van der Waals surface area contributed by atoms with Gasteiger partial charge in [-0.1, -0.05) is 24.3 Å². The first-order valence-electron chi connectivity index (χ1n) is 10.3. The standard InChI is InChI=1S/C23H28N2O3S/c1-16-5-3-4-6-18(16)23-19-10-12-29-20(19)9-11-25(23)21(26)14-24(13-17-7-8-17)22(27)15-28-2/h3-6,10,12,17,23H,7-9,11,13-15H2,1-2H3/t23-/m1/s1. The fraction of sp³-hybridized carbons (Fsp3) is 0.478. The van der Waals surface area contributed by atoms with Gasteiger partial charge in [-0.15, -0.1) is 11.3 Å². The minimum absolute atomic E-state index is 0.0141. The molecule has 0 saturated heterocycles. The van der Waals surface area contributed by atoms with Crippen LogP contribution in [0.3, 0.4) is 0 Å². The monoisotopic (exact) mass is 412 g/mol. The van der Waals surface area contributed by atoms with Gasteiger partial charge in [0.25, 0.3) is 0 Å². The Morgan fingerprint density at radius 3 is 2.72 bits per heavy atom. The van der Waals surface area contributed by atoms with Crippen LogP contribution < -0.4 is 0 Å². The van der Waals surface area contributed by atoms with E-state index in [0.29, 0.717) is 19.0 Å². The lowest BCUT2D eigenvalue weighted by Gasteiger charge is -2.38. The van der Waals surface area contributed by atoms with Crippen LogP contribution >= 0.6 is 11.3 Å². The third kappa shape index (κ3) is 4.38. The molecule has 2 aromatic rings. The van der Waals surface area contributed by atoms with Crippen molar-refractivity contribution < 1.29 is 14.3 Å². The topological polar surface area (TPSA) is 49.9 Å². The number of carbonyl (C=O) groups excluding carboxylic acids is 2. The van der Waals surface area contributed by atoms with Gasteiger partial charge in [-0.3, -0.25) is 9.59 Å². The maximum atomic E-state index is 13.4. The number of benzene rings is 1. The van der Waals surface area contributed by atoms with Gasteiger partial charge in [-0.05, 0) is 60.2 Å². The molecule has 0 unspecified atom stereocenters. The third-order valence-electron chi connectivity index (χ3n) is 5.89. The summed E-state index contributed by atoms with van der Waals surface area (Å²) in [6.07, 6.45) is 3.15. The fourth-order valence-electron chi connectivity index (χ4n) is 4.15. The Bertz CT molecular complexity index is 890. The molecule has 1 aromatic heterocycles. The normalized spacial score (nSPS) is 18.4. The molecule has 6 heteroatoms. The van der Waals surface area contributed by atoms with Crippen molar-refractivity contribution in [1.82, 2.24) is 9.80 Å². The summed E-state index contributed by atoms with van der Waals surface area (Å²) in [7, 11) is 1.52. The molecule has 0 N–H and O–H groups in total. The average Bonchev–Trinajstić information content (AvgIpc) is 3.40. The third-order valence-corrected chi connectivity index (χ3v) is 6.89. The summed E-state index contributed by atoms with van der Waals surface area (Å²) in [6.45, 7) is 3.58. The second-order valence-corrected chi connectivity index (χ2v) is 9.05. The number of rotatable bonds is 7. The number of hydrogen-bond donors (Lipinski definition) is 0. The zero-order chi connectivity index (χ0) is 20.4. The first-order chi connectivity index (χ1) is 14.1. The summed E-state index contributed by atoms with van der Waals surface area (Å²) in [5, 5.41) is 2.12. The highest BCUT2D eigenvalue weighted by atomic mass is 32.1. The second-order valence-electron chi connectivity index (χ2n) is 8.05. The maximum Gasteiger partial charge on any atom is 0.249 e. The number of methoxy groups -OCH3 is 1. The number of hydrogen-bond acceptors (Lipinski definition) is 4. The van der Waals surface area contributed by atoms with Gasteiger partial charge in [0.15, 0.2) is 0 Å². The van der Waals surface area contributed by atoms with E-state index in [0.717, 1.165) is 24.8 Å². The lowest BCUT2D eigenvalue weighted by molar-refractivity contribution is -0.144. The molecule has 1 aliphatic heterocycles. The second kappa shape index (κ2) is 8.67. The Morgan fingerprint density at radius 1 is 1.21 bits per heavy atom. The van der Waals surface area contributed by atoms with Crippen LogP contribution in [0.5, 0.6) is 0 Å². The Labute approximate surface area is 176 Å². The molecule has 1 atom stereocenters. The van der Waals surface area contributed by atoms with E-state index in [1.165, 1.54) is 23.1 Å². The molecule has 4 rings (SSSR count). The van der Waals surface area contributed by atoms with Crippen LogP contribution in [0, 0.1) is 12.8 Å². The first kappa shape index (κ1) is 20.1. The zero-order valence-corrected chi connectivity index (χ0v) is 17.9. The molecule has 29 heavy (non-hydrogen) atoms. The molecule has 1 fully saturated rings.